The Morgan fingerprint density at radius 3 is 2.65 bits per heavy atom. The number of nitrogens with two attached hydrogens (primary N) is 1. The minimum absolute atomic E-state index is 0.0453. The van der Waals surface area contributed by atoms with Gasteiger partial charge in [0.25, 0.3) is 0 Å². The number of aromatic nitrogens is 2. The number of hydrogen-bond acceptors (Lipinski definition) is 2. The zero-order valence-corrected chi connectivity index (χ0v) is 11.9. The van der Waals surface area contributed by atoms with Gasteiger partial charge in [0.15, 0.2) is 0 Å². The monoisotopic (exact) mass is 333 g/mol. The molecule has 2 rings (SSSR count). The van der Waals surface area contributed by atoms with Crippen LogP contribution >= 0.6 is 39.1 Å². The Kier molecular flexibility index (Phi) is 4.09. The van der Waals surface area contributed by atoms with Gasteiger partial charge in [0.2, 0.25) is 0 Å². The van der Waals surface area contributed by atoms with E-state index in [1.165, 1.54) is 0 Å². The average molecular weight is 335 g/mol. The summed E-state index contributed by atoms with van der Waals surface area (Å²) >= 11 is 15.2. The van der Waals surface area contributed by atoms with Crippen molar-refractivity contribution in [3.8, 4) is 0 Å². The minimum atomic E-state index is -0.0453. The summed E-state index contributed by atoms with van der Waals surface area (Å²) in [6.07, 6.45) is 3.60. The van der Waals surface area contributed by atoms with Crippen LogP contribution in [0.4, 0.5) is 0 Å². The third kappa shape index (κ3) is 2.83. The Balaban J connectivity index is 2.38. The summed E-state index contributed by atoms with van der Waals surface area (Å²) in [7, 11) is 0. The molecular formula is C11H10BrCl2N3. The molecule has 2 aromatic rings. The lowest BCUT2D eigenvalue weighted by Crippen LogP contribution is -2.20. The van der Waals surface area contributed by atoms with Crippen LogP contribution < -0.4 is 5.73 Å². The molecule has 0 saturated carbocycles. The van der Waals surface area contributed by atoms with E-state index < -0.39 is 0 Å². The molecule has 0 aliphatic heterocycles. The maximum absolute atomic E-state index is 6.00. The summed E-state index contributed by atoms with van der Waals surface area (Å²) in [6, 6.07) is 5.44. The van der Waals surface area contributed by atoms with Gasteiger partial charge in [-0.25, -0.2) is 0 Å². The lowest BCUT2D eigenvalue weighted by molar-refractivity contribution is 0.532. The minimum Gasteiger partial charge on any atom is -0.328 e. The molecule has 0 amide bonds. The molecule has 1 aromatic carbocycles. The van der Waals surface area contributed by atoms with Gasteiger partial charge in [0, 0.05) is 12.7 Å². The van der Waals surface area contributed by atoms with E-state index in [4.69, 9.17) is 28.9 Å². The van der Waals surface area contributed by atoms with Crippen LogP contribution in [0.3, 0.4) is 0 Å². The normalized spacial score (nSPS) is 12.7. The van der Waals surface area contributed by atoms with Gasteiger partial charge in [-0.1, -0.05) is 29.3 Å². The van der Waals surface area contributed by atoms with E-state index >= 15 is 0 Å². The molecule has 1 unspecified atom stereocenters. The van der Waals surface area contributed by atoms with Crippen molar-refractivity contribution in [2.24, 2.45) is 5.73 Å². The van der Waals surface area contributed by atoms with Crippen molar-refractivity contribution in [2.45, 2.75) is 6.04 Å². The van der Waals surface area contributed by atoms with Crippen LogP contribution in [0, 0.1) is 0 Å². The van der Waals surface area contributed by atoms with Crippen molar-refractivity contribution in [3.05, 3.63) is 50.7 Å². The maximum atomic E-state index is 6.00. The van der Waals surface area contributed by atoms with E-state index in [1.54, 1.807) is 16.9 Å². The molecule has 0 spiro atoms. The smallest absolute Gasteiger partial charge is 0.0891 e. The fraction of sp³-hybridized carbons (Fsp3) is 0.182. The first kappa shape index (κ1) is 12.9. The van der Waals surface area contributed by atoms with Crippen molar-refractivity contribution >= 4 is 39.1 Å². The summed E-state index contributed by atoms with van der Waals surface area (Å²) in [5, 5.41) is 5.29. The van der Waals surface area contributed by atoms with Gasteiger partial charge in [-0.3, -0.25) is 4.68 Å². The van der Waals surface area contributed by atoms with Gasteiger partial charge in [-0.05, 0) is 33.6 Å². The second-order valence-electron chi connectivity index (χ2n) is 3.56. The number of benzene rings is 1. The van der Waals surface area contributed by atoms with Gasteiger partial charge in [0.05, 0.1) is 26.8 Å². The molecule has 6 heteroatoms. The third-order valence-corrected chi connectivity index (χ3v) is 3.59. The van der Waals surface area contributed by atoms with Gasteiger partial charge >= 0.3 is 0 Å². The SMILES string of the molecule is NCC(c1ccc(Cl)c(Cl)c1)n1cc(Br)cn1. The summed E-state index contributed by atoms with van der Waals surface area (Å²) in [5.41, 5.74) is 6.77. The lowest BCUT2D eigenvalue weighted by atomic mass is 10.1. The Bertz CT molecular complexity index is 527. The number of nitrogens with zero attached hydrogens (tertiary/aromatic N) is 2. The molecular weight excluding hydrogens is 325 g/mol. The molecule has 0 saturated heterocycles. The first-order valence-electron chi connectivity index (χ1n) is 4.96. The summed E-state index contributed by atoms with van der Waals surface area (Å²) in [5.74, 6) is 0. The van der Waals surface area contributed by atoms with E-state index in [2.05, 4.69) is 21.0 Å². The highest BCUT2D eigenvalue weighted by Gasteiger charge is 2.14. The van der Waals surface area contributed by atoms with E-state index in [-0.39, 0.29) is 6.04 Å². The second-order valence-corrected chi connectivity index (χ2v) is 5.29. The highest BCUT2D eigenvalue weighted by Crippen LogP contribution is 2.27. The topological polar surface area (TPSA) is 43.8 Å². The van der Waals surface area contributed by atoms with Crippen molar-refractivity contribution < 1.29 is 0 Å². The molecule has 17 heavy (non-hydrogen) atoms. The predicted octanol–water partition coefficient (Wildman–Crippen LogP) is 3.50. The van der Waals surface area contributed by atoms with E-state index in [1.807, 2.05) is 18.3 Å². The van der Waals surface area contributed by atoms with Gasteiger partial charge in [0.1, 0.15) is 0 Å². The molecule has 0 radical (unpaired) electrons. The van der Waals surface area contributed by atoms with Crippen LogP contribution in [0.15, 0.2) is 35.1 Å². The van der Waals surface area contributed by atoms with E-state index in [9.17, 15) is 0 Å². The molecule has 0 bridgehead atoms. The van der Waals surface area contributed by atoms with Crippen LogP contribution in [-0.4, -0.2) is 16.3 Å². The third-order valence-electron chi connectivity index (χ3n) is 2.44. The standard InChI is InChI=1S/C11H10BrCl2N3/c12-8-5-16-17(6-8)11(4-15)7-1-2-9(13)10(14)3-7/h1-3,5-6,11H,4,15H2. The lowest BCUT2D eigenvalue weighted by Gasteiger charge is -2.16. The number of rotatable bonds is 3. The summed E-state index contributed by atoms with van der Waals surface area (Å²) in [4.78, 5) is 0. The fourth-order valence-electron chi connectivity index (χ4n) is 1.60. The maximum Gasteiger partial charge on any atom is 0.0891 e. The van der Waals surface area contributed by atoms with Crippen molar-refractivity contribution in [1.82, 2.24) is 9.78 Å². The van der Waals surface area contributed by atoms with Gasteiger partial charge in [-0.15, -0.1) is 0 Å². The number of halogens is 3. The van der Waals surface area contributed by atoms with Crippen molar-refractivity contribution in [3.63, 3.8) is 0 Å². The number of hydrogen-bond donors (Lipinski definition) is 1. The zero-order chi connectivity index (χ0) is 12.4. The first-order chi connectivity index (χ1) is 8.11. The average Bonchev–Trinajstić information content (AvgIpc) is 2.71. The Morgan fingerprint density at radius 1 is 1.35 bits per heavy atom. The van der Waals surface area contributed by atoms with Crippen LogP contribution in [-0.2, 0) is 0 Å². The summed E-state index contributed by atoms with van der Waals surface area (Å²) < 4.78 is 2.71. The Hall–Kier alpha value is -0.550. The molecule has 0 aliphatic carbocycles. The van der Waals surface area contributed by atoms with Crippen molar-refractivity contribution in [2.75, 3.05) is 6.54 Å². The van der Waals surface area contributed by atoms with Crippen LogP contribution in [0.25, 0.3) is 0 Å². The summed E-state index contributed by atoms with van der Waals surface area (Å²) in [6.45, 7) is 0.437. The van der Waals surface area contributed by atoms with Crippen LogP contribution in [0.2, 0.25) is 10.0 Å². The highest BCUT2D eigenvalue weighted by molar-refractivity contribution is 9.10. The van der Waals surface area contributed by atoms with Crippen molar-refractivity contribution in [1.29, 1.82) is 0 Å². The molecule has 1 heterocycles. The highest BCUT2D eigenvalue weighted by atomic mass is 79.9. The molecule has 3 nitrogen and oxygen atoms in total. The van der Waals surface area contributed by atoms with E-state index in [0.717, 1.165) is 10.0 Å². The molecule has 0 aliphatic rings. The second kappa shape index (κ2) is 5.40. The van der Waals surface area contributed by atoms with Crippen LogP contribution in [0.1, 0.15) is 11.6 Å². The molecule has 0 fully saturated rings. The largest absolute Gasteiger partial charge is 0.328 e. The predicted molar refractivity (Wildman–Crippen MR) is 73.6 cm³/mol. The Morgan fingerprint density at radius 2 is 2.12 bits per heavy atom. The molecule has 90 valence electrons. The van der Waals surface area contributed by atoms with Crippen LogP contribution in [0.5, 0.6) is 0 Å². The van der Waals surface area contributed by atoms with Gasteiger partial charge in [-0.2, -0.15) is 5.10 Å². The first-order valence-corrected chi connectivity index (χ1v) is 6.51. The quantitative estimate of drug-likeness (QED) is 0.933. The molecule has 2 N–H and O–H groups in total. The zero-order valence-electron chi connectivity index (χ0n) is 8.78. The molecule has 1 aromatic heterocycles. The van der Waals surface area contributed by atoms with E-state index in [0.29, 0.717) is 16.6 Å². The Labute approximate surface area is 118 Å². The fourth-order valence-corrected chi connectivity index (χ4v) is 2.21. The van der Waals surface area contributed by atoms with Gasteiger partial charge < -0.3 is 5.73 Å². The molecule has 1 atom stereocenters.